The van der Waals surface area contributed by atoms with Gasteiger partial charge in [0.1, 0.15) is 11.5 Å². The van der Waals surface area contributed by atoms with Crippen LogP contribution in [-0.4, -0.2) is 57.1 Å². The van der Waals surface area contributed by atoms with Crippen LogP contribution in [0.4, 0.5) is 5.69 Å². The minimum atomic E-state index is -0.329. The first-order valence-corrected chi connectivity index (χ1v) is 7.83. The highest BCUT2D eigenvalue weighted by molar-refractivity contribution is 5.83. The lowest BCUT2D eigenvalue weighted by Crippen LogP contribution is -2.49. The van der Waals surface area contributed by atoms with Gasteiger partial charge in [-0.25, -0.2) is 5.84 Å². The normalized spacial score (nSPS) is 14.3. The average Bonchev–Trinajstić information content (AvgIpc) is 2.65. The Hall–Kier alpha value is -2.48. The molecular formula is C16H24N4O4. The Kier molecular flexibility index (Phi) is 6.25. The highest BCUT2D eigenvalue weighted by Gasteiger charge is 2.23. The van der Waals surface area contributed by atoms with Gasteiger partial charge in [0.25, 0.3) is 0 Å². The predicted octanol–water partition coefficient (Wildman–Crippen LogP) is 0.123. The summed E-state index contributed by atoms with van der Waals surface area (Å²) in [6.45, 7) is 2.63. The maximum absolute atomic E-state index is 12.1. The van der Waals surface area contributed by atoms with Crippen molar-refractivity contribution in [1.29, 1.82) is 0 Å². The Morgan fingerprint density at radius 1 is 1.12 bits per heavy atom. The number of nitrogens with one attached hydrogen (secondary N) is 1. The smallest absolute Gasteiger partial charge is 0.234 e. The molecule has 8 heteroatoms. The van der Waals surface area contributed by atoms with Crippen LogP contribution in [0.2, 0.25) is 0 Å². The predicted molar refractivity (Wildman–Crippen MR) is 89.9 cm³/mol. The molecule has 2 rings (SSSR count). The Bertz CT molecular complexity index is 585. The van der Waals surface area contributed by atoms with E-state index in [0.717, 1.165) is 17.2 Å². The van der Waals surface area contributed by atoms with E-state index >= 15 is 0 Å². The van der Waals surface area contributed by atoms with Gasteiger partial charge < -0.3 is 19.3 Å². The van der Waals surface area contributed by atoms with Crippen LogP contribution in [-0.2, 0) is 9.59 Å². The summed E-state index contributed by atoms with van der Waals surface area (Å²) in [4.78, 5) is 27.2. The molecule has 1 aromatic carbocycles. The molecule has 0 spiro atoms. The number of hydrogen-bond acceptors (Lipinski definition) is 6. The molecule has 0 atom stereocenters. The first-order chi connectivity index (χ1) is 11.6. The summed E-state index contributed by atoms with van der Waals surface area (Å²) >= 11 is 0. The zero-order valence-electron chi connectivity index (χ0n) is 14.1. The topological polar surface area (TPSA) is 97.1 Å². The molecule has 24 heavy (non-hydrogen) atoms. The molecule has 1 aliphatic rings. The van der Waals surface area contributed by atoms with Gasteiger partial charge in [-0.05, 0) is 12.1 Å². The minimum absolute atomic E-state index is 0.0278. The SMILES string of the molecule is COc1ccc(N2CCN(C(=O)CCC(=O)NN)CC2)c(OC)c1. The highest BCUT2D eigenvalue weighted by atomic mass is 16.5. The number of benzene rings is 1. The van der Waals surface area contributed by atoms with Gasteiger partial charge in [0, 0.05) is 45.1 Å². The lowest BCUT2D eigenvalue weighted by molar-refractivity contribution is -0.133. The van der Waals surface area contributed by atoms with E-state index in [1.165, 1.54) is 0 Å². The molecule has 1 heterocycles. The van der Waals surface area contributed by atoms with Crippen molar-refractivity contribution in [3.8, 4) is 11.5 Å². The molecule has 0 aromatic heterocycles. The van der Waals surface area contributed by atoms with E-state index in [0.29, 0.717) is 26.2 Å². The second-order valence-electron chi connectivity index (χ2n) is 5.47. The molecule has 1 aromatic rings. The summed E-state index contributed by atoms with van der Waals surface area (Å²) in [7, 11) is 3.24. The van der Waals surface area contributed by atoms with Crippen LogP contribution in [0.1, 0.15) is 12.8 Å². The van der Waals surface area contributed by atoms with E-state index in [4.69, 9.17) is 15.3 Å². The number of piperazine rings is 1. The number of ether oxygens (including phenoxy) is 2. The molecule has 0 saturated carbocycles. The van der Waals surface area contributed by atoms with Crippen LogP contribution < -0.4 is 25.6 Å². The van der Waals surface area contributed by atoms with Crippen molar-refractivity contribution >= 4 is 17.5 Å². The maximum Gasteiger partial charge on any atom is 0.234 e. The van der Waals surface area contributed by atoms with Gasteiger partial charge in [-0.3, -0.25) is 15.0 Å². The van der Waals surface area contributed by atoms with E-state index in [-0.39, 0.29) is 24.7 Å². The summed E-state index contributed by atoms with van der Waals surface area (Å²) in [6, 6.07) is 5.69. The summed E-state index contributed by atoms with van der Waals surface area (Å²) in [5.41, 5.74) is 3.01. The number of amides is 2. The Balaban J connectivity index is 1.93. The number of rotatable bonds is 6. The van der Waals surface area contributed by atoms with Crippen LogP contribution >= 0.6 is 0 Å². The molecule has 3 N–H and O–H groups in total. The quantitative estimate of drug-likeness (QED) is 0.435. The number of carbonyl (C=O) groups excluding carboxylic acids is 2. The Morgan fingerprint density at radius 3 is 2.42 bits per heavy atom. The molecule has 0 radical (unpaired) electrons. The molecule has 1 aliphatic heterocycles. The van der Waals surface area contributed by atoms with Crippen molar-refractivity contribution in [2.75, 3.05) is 45.3 Å². The van der Waals surface area contributed by atoms with Crippen LogP contribution in [0.5, 0.6) is 11.5 Å². The number of hydrogen-bond donors (Lipinski definition) is 2. The molecule has 132 valence electrons. The number of nitrogens with zero attached hydrogens (tertiary/aromatic N) is 2. The number of hydrazine groups is 1. The molecule has 8 nitrogen and oxygen atoms in total. The van der Waals surface area contributed by atoms with E-state index in [9.17, 15) is 9.59 Å². The third-order valence-corrected chi connectivity index (χ3v) is 4.09. The summed E-state index contributed by atoms with van der Waals surface area (Å²) in [5.74, 6) is 6.14. The van der Waals surface area contributed by atoms with Crippen LogP contribution in [0.3, 0.4) is 0 Å². The van der Waals surface area contributed by atoms with E-state index < -0.39 is 0 Å². The average molecular weight is 336 g/mol. The molecule has 0 bridgehead atoms. The van der Waals surface area contributed by atoms with Gasteiger partial charge in [-0.2, -0.15) is 0 Å². The number of anilines is 1. The van der Waals surface area contributed by atoms with Gasteiger partial charge >= 0.3 is 0 Å². The molecule has 1 fully saturated rings. The molecular weight excluding hydrogens is 312 g/mol. The lowest BCUT2D eigenvalue weighted by atomic mass is 10.2. The number of carbonyl (C=O) groups is 2. The van der Waals surface area contributed by atoms with Gasteiger partial charge in [-0.1, -0.05) is 0 Å². The largest absolute Gasteiger partial charge is 0.497 e. The third kappa shape index (κ3) is 4.29. The summed E-state index contributed by atoms with van der Waals surface area (Å²) in [5, 5.41) is 0. The molecule has 1 saturated heterocycles. The molecule has 0 unspecified atom stereocenters. The van der Waals surface area contributed by atoms with E-state index in [1.807, 2.05) is 23.6 Å². The molecule has 0 aliphatic carbocycles. The van der Waals surface area contributed by atoms with Gasteiger partial charge in [-0.15, -0.1) is 0 Å². The van der Waals surface area contributed by atoms with Crippen molar-refractivity contribution in [3.05, 3.63) is 18.2 Å². The number of nitrogens with two attached hydrogens (primary N) is 1. The van der Waals surface area contributed by atoms with Crippen LogP contribution in [0.15, 0.2) is 18.2 Å². The Morgan fingerprint density at radius 2 is 1.83 bits per heavy atom. The number of methoxy groups -OCH3 is 2. The van der Waals surface area contributed by atoms with E-state index in [1.54, 1.807) is 19.1 Å². The highest BCUT2D eigenvalue weighted by Crippen LogP contribution is 2.32. The lowest BCUT2D eigenvalue weighted by Gasteiger charge is -2.36. The van der Waals surface area contributed by atoms with Crippen molar-refractivity contribution in [1.82, 2.24) is 10.3 Å². The fourth-order valence-corrected chi connectivity index (χ4v) is 2.69. The van der Waals surface area contributed by atoms with Crippen molar-refractivity contribution in [2.24, 2.45) is 5.84 Å². The van der Waals surface area contributed by atoms with Crippen molar-refractivity contribution in [3.63, 3.8) is 0 Å². The van der Waals surface area contributed by atoms with Crippen molar-refractivity contribution in [2.45, 2.75) is 12.8 Å². The van der Waals surface area contributed by atoms with Crippen LogP contribution in [0.25, 0.3) is 0 Å². The third-order valence-electron chi connectivity index (χ3n) is 4.09. The fraction of sp³-hybridized carbons (Fsp3) is 0.500. The fourth-order valence-electron chi connectivity index (χ4n) is 2.69. The Labute approximate surface area is 141 Å². The van der Waals surface area contributed by atoms with E-state index in [2.05, 4.69) is 4.90 Å². The van der Waals surface area contributed by atoms with Gasteiger partial charge in [0.15, 0.2) is 0 Å². The first kappa shape index (κ1) is 17.9. The summed E-state index contributed by atoms with van der Waals surface area (Å²) < 4.78 is 10.6. The standard InChI is InChI=1S/C16H24N4O4/c1-23-12-3-4-13(14(11-12)24-2)19-7-9-20(10-8-19)16(22)6-5-15(21)18-17/h3-4,11H,5-10,17H2,1-2H3,(H,18,21). The second kappa shape index (κ2) is 8.39. The molecule has 2 amide bonds. The van der Waals surface area contributed by atoms with Gasteiger partial charge in [0.2, 0.25) is 11.8 Å². The monoisotopic (exact) mass is 336 g/mol. The zero-order chi connectivity index (χ0) is 17.5. The minimum Gasteiger partial charge on any atom is -0.497 e. The summed E-state index contributed by atoms with van der Waals surface area (Å²) in [6.07, 6.45) is 0.288. The zero-order valence-corrected chi connectivity index (χ0v) is 14.1. The second-order valence-corrected chi connectivity index (χ2v) is 5.47. The first-order valence-electron chi connectivity index (χ1n) is 7.83. The van der Waals surface area contributed by atoms with Crippen molar-refractivity contribution < 1.29 is 19.1 Å². The van der Waals surface area contributed by atoms with Gasteiger partial charge in [0.05, 0.1) is 19.9 Å². The maximum atomic E-state index is 12.1. The van der Waals surface area contributed by atoms with Crippen LogP contribution in [0, 0.1) is 0 Å².